The summed E-state index contributed by atoms with van der Waals surface area (Å²) in [5.74, 6) is 0. The molecule has 2 N–H and O–H groups in total. The second-order valence-electron chi connectivity index (χ2n) is 9.79. The fourth-order valence-corrected chi connectivity index (χ4v) is 6.01. The second-order valence-corrected chi connectivity index (χ2v) is 9.79. The van der Waals surface area contributed by atoms with Gasteiger partial charge >= 0.3 is 0 Å². The Morgan fingerprint density at radius 3 is 1.96 bits per heavy atom. The Balaban J connectivity index is 1.34. The van der Waals surface area contributed by atoms with E-state index < -0.39 is 0 Å². The molecule has 3 aliphatic rings. The highest BCUT2D eigenvalue weighted by Crippen LogP contribution is 2.30. The van der Waals surface area contributed by atoms with Crippen molar-refractivity contribution in [2.45, 2.75) is 127 Å². The van der Waals surface area contributed by atoms with Gasteiger partial charge in [0.2, 0.25) is 0 Å². The van der Waals surface area contributed by atoms with Gasteiger partial charge in [-0.05, 0) is 64.5 Å². The van der Waals surface area contributed by atoms with Gasteiger partial charge in [-0.15, -0.1) is 0 Å². The Labute approximate surface area is 173 Å². The van der Waals surface area contributed by atoms with E-state index in [4.69, 9.17) is 0 Å². The van der Waals surface area contributed by atoms with E-state index in [0.29, 0.717) is 0 Å². The van der Waals surface area contributed by atoms with Crippen LogP contribution in [0.25, 0.3) is 0 Å². The first-order valence-electron chi connectivity index (χ1n) is 12.6. The van der Waals surface area contributed by atoms with Gasteiger partial charge in [-0.3, -0.25) is 9.80 Å². The van der Waals surface area contributed by atoms with E-state index in [9.17, 15) is 10.2 Å². The third-order valence-corrected chi connectivity index (χ3v) is 7.72. The van der Waals surface area contributed by atoms with E-state index in [1.165, 1.54) is 96.4 Å². The molecule has 0 aromatic carbocycles. The largest absolute Gasteiger partial charge is 0.395 e. The maximum atomic E-state index is 9.79. The lowest BCUT2D eigenvalue weighted by Gasteiger charge is -2.42. The molecule has 0 aromatic rings. The van der Waals surface area contributed by atoms with E-state index in [-0.39, 0.29) is 18.8 Å². The highest BCUT2D eigenvalue weighted by molar-refractivity contribution is 4.84. The van der Waals surface area contributed by atoms with Crippen LogP contribution >= 0.6 is 0 Å². The minimum absolute atomic E-state index is 0.178. The quantitative estimate of drug-likeness (QED) is 0.541. The molecule has 0 amide bonds. The molecule has 1 aliphatic heterocycles. The summed E-state index contributed by atoms with van der Waals surface area (Å²) in [5, 5.41) is 19.4. The van der Waals surface area contributed by atoms with Crippen LogP contribution in [0.3, 0.4) is 0 Å². The zero-order valence-corrected chi connectivity index (χ0v) is 18.2. The molecule has 0 bridgehead atoms. The average molecular weight is 395 g/mol. The number of piperidine rings is 1. The molecule has 4 heteroatoms. The minimum atomic E-state index is -0.209. The summed E-state index contributed by atoms with van der Waals surface area (Å²) < 4.78 is 0. The monoisotopic (exact) mass is 394 g/mol. The second kappa shape index (κ2) is 12.5. The summed E-state index contributed by atoms with van der Waals surface area (Å²) in [6, 6.07) is 1.93. The lowest BCUT2D eigenvalue weighted by Crippen LogP contribution is -2.46. The van der Waals surface area contributed by atoms with Crippen LogP contribution in [0.2, 0.25) is 0 Å². The first-order valence-corrected chi connectivity index (χ1v) is 12.6. The third-order valence-electron chi connectivity index (χ3n) is 7.72. The number of aliphatic hydroxyl groups is 2. The smallest absolute Gasteiger partial charge is 0.0587 e. The zero-order chi connectivity index (χ0) is 19.6. The molecule has 2 atom stereocenters. The van der Waals surface area contributed by atoms with Gasteiger partial charge in [0.15, 0.2) is 0 Å². The van der Waals surface area contributed by atoms with Crippen LogP contribution in [-0.4, -0.2) is 70.5 Å². The molecule has 2 unspecified atom stereocenters. The van der Waals surface area contributed by atoms with Gasteiger partial charge in [0, 0.05) is 24.7 Å². The normalized spacial score (nSPS) is 28.8. The molecule has 0 radical (unpaired) electrons. The predicted octanol–water partition coefficient (Wildman–Crippen LogP) is 4.33. The SMILES string of the molecule is OCC1CC(O)CCN1CCCCCCN(C1CCCCC1)C1CCCCC1. The lowest BCUT2D eigenvalue weighted by atomic mass is 9.88. The highest BCUT2D eigenvalue weighted by atomic mass is 16.3. The molecule has 1 saturated heterocycles. The maximum Gasteiger partial charge on any atom is 0.0587 e. The molecule has 3 rings (SSSR count). The van der Waals surface area contributed by atoms with Gasteiger partial charge in [0.1, 0.15) is 0 Å². The van der Waals surface area contributed by atoms with Crippen molar-refractivity contribution in [1.29, 1.82) is 0 Å². The summed E-state index contributed by atoms with van der Waals surface area (Å²) in [5.41, 5.74) is 0. The first kappa shape index (κ1) is 22.5. The summed E-state index contributed by atoms with van der Waals surface area (Å²) in [7, 11) is 0. The van der Waals surface area contributed by atoms with Crippen LogP contribution in [0.5, 0.6) is 0 Å². The third kappa shape index (κ3) is 6.97. The van der Waals surface area contributed by atoms with E-state index in [1.54, 1.807) is 0 Å². The van der Waals surface area contributed by atoms with Crippen molar-refractivity contribution in [3.8, 4) is 0 Å². The van der Waals surface area contributed by atoms with Crippen molar-refractivity contribution in [3.63, 3.8) is 0 Å². The molecule has 3 fully saturated rings. The number of rotatable bonds is 10. The topological polar surface area (TPSA) is 46.9 Å². The molecule has 2 aliphatic carbocycles. The molecular formula is C24H46N2O2. The van der Waals surface area contributed by atoms with Gasteiger partial charge in [0.05, 0.1) is 12.7 Å². The molecule has 0 spiro atoms. The predicted molar refractivity (Wildman–Crippen MR) is 117 cm³/mol. The molecule has 2 saturated carbocycles. The summed E-state index contributed by atoms with van der Waals surface area (Å²) in [6.45, 7) is 3.55. The Kier molecular flexibility index (Phi) is 10.1. The highest BCUT2D eigenvalue weighted by Gasteiger charge is 2.28. The molecule has 0 aromatic heterocycles. The van der Waals surface area contributed by atoms with Crippen LogP contribution in [0.1, 0.15) is 103 Å². The van der Waals surface area contributed by atoms with Gasteiger partial charge in [-0.2, -0.15) is 0 Å². The van der Waals surface area contributed by atoms with Crippen LogP contribution in [-0.2, 0) is 0 Å². The molecule has 1 heterocycles. The van der Waals surface area contributed by atoms with Crippen LogP contribution in [0.15, 0.2) is 0 Å². The fourth-order valence-electron chi connectivity index (χ4n) is 6.01. The van der Waals surface area contributed by atoms with Crippen molar-refractivity contribution < 1.29 is 10.2 Å². The Hall–Kier alpha value is -0.160. The summed E-state index contributed by atoms with van der Waals surface area (Å²) in [4.78, 5) is 5.36. The van der Waals surface area contributed by atoms with Crippen molar-refractivity contribution in [3.05, 3.63) is 0 Å². The van der Waals surface area contributed by atoms with E-state index in [2.05, 4.69) is 9.80 Å². The summed E-state index contributed by atoms with van der Waals surface area (Å²) in [6.07, 6.45) is 21.1. The fraction of sp³-hybridized carbons (Fsp3) is 1.00. The number of hydrogen-bond acceptors (Lipinski definition) is 4. The van der Waals surface area contributed by atoms with Gasteiger partial charge in [-0.25, -0.2) is 0 Å². The van der Waals surface area contributed by atoms with Crippen molar-refractivity contribution >= 4 is 0 Å². The van der Waals surface area contributed by atoms with Crippen molar-refractivity contribution in [2.24, 2.45) is 0 Å². The lowest BCUT2D eigenvalue weighted by molar-refractivity contribution is 0.0162. The Bertz CT molecular complexity index is 389. The average Bonchev–Trinajstić information content (AvgIpc) is 2.75. The number of unbranched alkanes of at least 4 members (excludes halogenated alkanes) is 3. The minimum Gasteiger partial charge on any atom is -0.395 e. The van der Waals surface area contributed by atoms with Crippen LogP contribution < -0.4 is 0 Å². The van der Waals surface area contributed by atoms with E-state index in [0.717, 1.165) is 38.0 Å². The Morgan fingerprint density at radius 1 is 0.750 bits per heavy atom. The Morgan fingerprint density at radius 2 is 1.36 bits per heavy atom. The zero-order valence-electron chi connectivity index (χ0n) is 18.2. The van der Waals surface area contributed by atoms with Gasteiger partial charge in [-0.1, -0.05) is 51.4 Å². The first-order chi connectivity index (χ1) is 13.8. The molecule has 4 nitrogen and oxygen atoms in total. The molecule has 164 valence electrons. The number of hydrogen-bond donors (Lipinski definition) is 2. The summed E-state index contributed by atoms with van der Waals surface area (Å²) >= 11 is 0. The van der Waals surface area contributed by atoms with Crippen molar-refractivity contribution in [2.75, 3.05) is 26.2 Å². The number of likely N-dealkylation sites (tertiary alicyclic amines) is 1. The number of nitrogens with zero attached hydrogens (tertiary/aromatic N) is 2. The maximum absolute atomic E-state index is 9.79. The van der Waals surface area contributed by atoms with Crippen LogP contribution in [0, 0.1) is 0 Å². The molecule has 28 heavy (non-hydrogen) atoms. The molecular weight excluding hydrogens is 348 g/mol. The van der Waals surface area contributed by atoms with Gasteiger partial charge < -0.3 is 10.2 Å². The number of aliphatic hydroxyl groups excluding tert-OH is 2. The van der Waals surface area contributed by atoms with Crippen LogP contribution in [0.4, 0.5) is 0 Å². The van der Waals surface area contributed by atoms with E-state index in [1.807, 2.05) is 0 Å². The standard InChI is InChI=1S/C24H46N2O2/c27-20-23-19-24(28)15-18-25(23)16-9-1-2-10-17-26(21-11-5-3-6-12-21)22-13-7-4-8-14-22/h21-24,27-28H,1-20H2. The van der Waals surface area contributed by atoms with Crippen molar-refractivity contribution in [1.82, 2.24) is 9.80 Å². The van der Waals surface area contributed by atoms with E-state index >= 15 is 0 Å². The van der Waals surface area contributed by atoms with Gasteiger partial charge in [0.25, 0.3) is 0 Å².